The maximum Gasteiger partial charge on any atom is 0.328 e. The predicted molar refractivity (Wildman–Crippen MR) is 35.2 cm³/mol. The molecular formula is C5H7BrO2. The van der Waals surface area contributed by atoms with Crippen LogP contribution in [-0.2, 0) is 4.79 Å². The number of hydrogen-bond acceptors (Lipinski definition) is 1. The number of halogens is 1. The molecule has 0 spiro atoms. The molecule has 0 aliphatic heterocycles. The quantitative estimate of drug-likeness (QED) is 0.513. The van der Waals surface area contributed by atoms with Crippen LogP contribution in [0.15, 0.2) is 12.2 Å². The van der Waals surface area contributed by atoms with Crippen LogP contribution in [0, 0.1) is 0 Å². The second-order valence-electron chi connectivity index (χ2n) is 1.37. The molecule has 3 heteroatoms. The van der Waals surface area contributed by atoms with Gasteiger partial charge in [-0.15, -0.1) is 0 Å². The van der Waals surface area contributed by atoms with Crippen LogP contribution < -0.4 is 0 Å². The average Bonchev–Trinajstić information content (AvgIpc) is 1.61. The molecule has 1 unspecified atom stereocenters. The van der Waals surface area contributed by atoms with Crippen LogP contribution >= 0.6 is 15.9 Å². The standard InChI is InChI=1S/C5H7BrO2/c1-4(6)2-3-5(7)8/h2-4H,1H3,(H,7,8)/b3-2-. The molecule has 0 aromatic heterocycles. The van der Waals surface area contributed by atoms with Gasteiger partial charge in [0.05, 0.1) is 0 Å². The van der Waals surface area contributed by atoms with E-state index in [1.165, 1.54) is 0 Å². The SMILES string of the molecule is CC(Br)/C=C\C(=O)O. The number of aliphatic carboxylic acids is 1. The van der Waals surface area contributed by atoms with E-state index in [9.17, 15) is 4.79 Å². The Morgan fingerprint density at radius 2 is 2.38 bits per heavy atom. The van der Waals surface area contributed by atoms with E-state index in [4.69, 9.17) is 5.11 Å². The van der Waals surface area contributed by atoms with Gasteiger partial charge in [0.2, 0.25) is 0 Å². The average molecular weight is 179 g/mol. The van der Waals surface area contributed by atoms with Crippen molar-refractivity contribution in [1.82, 2.24) is 0 Å². The maximum atomic E-state index is 9.80. The van der Waals surface area contributed by atoms with Crippen LogP contribution in [0.4, 0.5) is 0 Å². The van der Waals surface area contributed by atoms with E-state index in [1.54, 1.807) is 6.08 Å². The maximum absolute atomic E-state index is 9.80. The van der Waals surface area contributed by atoms with Gasteiger partial charge in [-0.05, 0) is 6.92 Å². The highest BCUT2D eigenvalue weighted by atomic mass is 79.9. The van der Waals surface area contributed by atoms with Crippen LogP contribution in [0.25, 0.3) is 0 Å². The second kappa shape index (κ2) is 3.66. The predicted octanol–water partition coefficient (Wildman–Crippen LogP) is 1.41. The topological polar surface area (TPSA) is 37.3 Å². The second-order valence-corrected chi connectivity index (χ2v) is 2.82. The summed E-state index contributed by atoms with van der Waals surface area (Å²) >= 11 is 3.15. The van der Waals surface area contributed by atoms with Gasteiger partial charge in [0.15, 0.2) is 0 Å². The molecule has 46 valence electrons. The summed E-state index contributed by atoms with van der Waals surface area (Å²) in [6.07, 6.45) is 2.67. The van der Waals surface area contributed by atoms with E-state index in [0.29, 0.717) is 0 Å². The molecule has 0 fully saturated rings. The lowest BCUT2D eigenvalue weighted by molar-refractivity contribution is -0.131. The van der Waals surface area contributed by atoms with Gasteiger partial charge in [-0.3, -0.25) is 0 Å². The highest BCUT2D eigenvalue weighted by molar-refractivity contribution is 9.09. The zero-order chi connectivity index (χ0) is 6.57. The first-order chi connectivity index (χ1) is 3.63. The highest BCUT2D eigenvalue weighted by Crippen LogP contribution is 1.97. The summed E-state index contributed by atoms with van der Waals surface area (Å²) in [6, 6.07) is 0. The number of hydrogen-bond donors (Lipinski definition) is 1. The van der Waals surface area contributed by atoms with Gasteiger partial charge in [-0.1, -0.05) is 22.0 Å². The van der Waals surface area contributed by atoms with Crippen molar-refractivity contribution in [3.05, 3.63) is 12.2 Å². The lowest BCUT2D eigenvalue weighted by atomic mass is 10.4. The Morgan fingerprint density at radius 1 is 1.88 bits per heavy atom. The number of carbonyl (C=O) groups is 1. The number of allylic oxidation sites excluding steroid dienone is 1. The lowest BCUT2D eigenvalue weighted by Gasteiger charge is -1.86. The first-order valence-corrected chi connectivity index (χ1v) is 3.09. The van der Waals surface area contributed by atoms with Gasteiger partial charge in [0, 0.05) is 10.9 Å². The fraction of sp³-hybridized carbons (Fsp3) is 0.400. The number of rotatable bonds is 2. The molecule has 0 radical (unpaired) electrons. The van der Waals surface area contributed by atoms with Gasteiger partial charge in [0.1, 0.15) is 0 Å². The Morgan fingerprint density at radius 3 is 2.50 bits per heavy atom. The molecular weight excluding hydrogens is 172 g/mol. The molecule has 0 aromatic rings. The summed E-state index contributed by atoms with van der Waals surface area (Å²) in [6.45, 7) is 1.85. The third kappa shape index (κ3) is 5.69. The molecule has 0 aromatic carbocycles. The Kier molecular flexibility index (Phi) is 3.52. The Hall–Kier alpha value is -0.310. The van der Waals surface area contributed by atoms with Crippen molar-refractivity contribution in [2.24, 2.45) is 0 Å². The fourth-order valence-corrected chi connectivity index (χ4v) is 0.368. The normalized spacial score (nSPS) is 14.2. The molecule has 1 N–H and O–H groups in total. The molecule has 0 bridgehead atoms. The molecule has 0 aliphatic rings. The number of alkyl halides is 1. The first kappa shape index (κ1) is 7.69. The van der Waals surface area contributed by atoms with E-state index in [1.807, 2.05) is 6.92 Å². The molecule has 2 nitrogen and oxygen atoms in total. The van der Waals surface area contributed by atoms with Gasteiger partial charge < -0.3 is 5.11 Å². The highest BCUT2D eigenvalue weighted by Gasteiger charge is 1.87. The van der Waals surface area contributed by atoms with E-state index in [2.05, 4.69) is 15.9 Å². The summed E-state index contributed by atoms with van der Waals surface area (Å²) in [4.78, 5) is 9.93. The summed E-state index contributed by atoms with van der Waals surface area (Å²) in [5.74, 6) is -0.906. The van der Waals surface area contributed by atoms with Gasteiger partial charge in [-0.2, -0.15) is 0 Å². The van der Waals surface area contributed by atoms with Crippen LogP contribution in [0.3, 0.4) is 0 Å². The molecule has 8 heavy (non-hydrogen) atoms. The van der Waals surface area contributed by atoms with Crippen molar-refractivity contribution < 1.29 is 9.90 Å². The summed E-state index contributed by atoms with van der Waals surface area (Å²) in [5.41, 5.74) is 0. The van der Waals surface area contributed by atoms with E-state index in [0.717, 1.165) is 6.08 Å². The van der Waals surface area contributed by atoms with Crippen LogP contribution in [-0.4, -0.2) is 15.9 Å². The monoisotopic (exact) mass is 178 g/mol. The third-order valence-corrected chi connectivity index (χ3v) is 0.809. The molecule has 0 heterocycles. The van der Waals surface area contributed by atoms with Crippen molar-refractivity contribution in [2.75, 3.05) is 0 Å². The minimum absolute atomic E-state index is 0.138. The van der Waals surface area contributed by atoms with Crippen LogP contribution in [0.2, 0.25) is 0 Å². The zero-order valence-corrected chi connectivity index (χ0v) is 6.05. The van der Waals surface area contributed by atoms with Crippen molar-refractivity contribution in [3.8, 4) is 0 Å². The van der Waals surface area contributed by atoms with Crippen LogP contribution in [0.1, 0.15) is 6.92 Å². The molecule has 1 atom stereocenters. The summed E-state index contributed by atoms with van der Waals surface area (Å²) in [7, 11) is 0. The molecule has 0 saturated carbocycles. The fourth-order valence-electron chi connectivity index (χ4n) is 0.215. The molecule has 0 aliphatic carbocycles. The Bertz CT molecular complexity index is 107. The number of carboxylic acids is 1. The zero-order valence-electron chi connectivity index (χ0n) is 4.47. The lowest BCUT2D eigenvalue weighted by Crippen LogP contribution is -1.89. The van der Waals surface area contributed by atoms with Crippen molar-refractivity contribution in [3.63, 3.8) is 0 Å². The first-order valence-electron chi connectivity index (χ1n) is 2.18. The Balaban J connectivity index is 3.50. The van der Waals surface area contributed by atoms with Crippen LogP contribution in [0.5, 0.6) is 0 Å². The van der Waals surface area contributed by atoms with Gasteiger partial charge in [0.25, 0.3) is 0 Å². The minimum atomic E-state index is -0.906. The van der Waals surface area contributed by atoms with Crippen molar-refractivity contribution in [2.45, 2.75) is 11.8 Å². The largest absolute Gasteiger partial charge is 0.478 e. The van der Waals surface area contributed by atoms with E-state index >= 15 is 0 Å². The van der Waals surface area contributed by atoms with Gasteiger partial charge in [-0.25, -0.2) is 4.79 Å². The van der Waals surface area contributed by atoms with Gasteiger partial charge >= 0.3 is 5.97 Å². The summed E-state index contributed by atoms with van der Waals surface area (Å²) in [5, 5.41) is 8.05. The third-order valence-electron chi connectivity index (χ3n) is 0.504. The number of carboxylic acid groups (broad SMARTS) is 1. The smallest absolute Gasteiger partial charge is 0.328 e. The van der Waals surface area contributed by atoms with Crippen molar-refractivity contribution >= 4 is 21.9 Å². The summed E-state index contributed by atoms with van der Waals surface area (Å²) < 4.78 is 0. The molecule has 0 amide bonds. The van der Waals surface area contributed by atoms with E-state index < -0.39 is 5.97 Å². The Labute approximate surface area is 56.3 Å². The van der Waals surface area contributed by atoms with Crippen molar-refractivity contribution in [1.29, 1.82) is 0 Å². The minimum Gasteiger partial charge on any atom is -0.478 e. The molecule has 0 rings (SSSR count). The van der Waals surface area contributed by atoms with E-state index in [-0.39, 0.29) is 4.83 Å². The molecule has 0 saturated heterocycles.